The lowest BCUT2D eigenvalue weighted by Crippen LogP contribution is -2.68. The van der Waals surface area contributed by atoms with Gasteiger partial charge in [0, 0.05) is 26.5 Å². The number of fused-ring (bicyclic) bond motifs is 3. The Morgan fingerprint density at radius 3 is 2.47 bits per heavy atom. The molecular formula is C25H28N2O7. The molecule has 180 valence electrons. The van der Waals surface area contributed by atoms with Crippen molar-refractivity contribution in [1.82, 2.24) is 4.90 Å². The average Bonchev–Trinajstić information content (AvgIpc) is 3.20. The molecule has 0 aromatic heterocycles. The normalized spacial score (nSPS) is 19.1. The van der Waals surface area contributed by atoms with Crippen molar-refractivity contribution in [2.24, 2.45) is 0 Å². The van der Waals surface area contributed by atoms with Crippen molar-refractivity contribution in [3.05, 3.63) is 53.1 Å². The van der Waals surface area contributed by atoms with E-state index in [2.05, 4.69) is 0 Å². The fourth-order valence-electron chi connectivity index (χ4n) is 4.67. The highest BCUT2D eigenvalue weighted by Gasteiger charge is 2.61. The second-order valence-electron chi connectivity index (χ2n) is 8.22. The molecule has 9 heteroatoms. The molecule has 1 saturated heterocycles. The first-order valence-electron chi connectivity index (χ1n) is 11.0. The molecule has 2 aromatic rings. The maximum atomic E-state index is 13.7. The Balaban J connectivity index is 1.71. The van der Waals surface area contributed by atoms with E-state index in [0.717, 1.165) is 11.1 Å². The molecule has 0 saturated carbocycles. The largest absolute Gasteiger partial charge is 0.493 e. The Labute approximate surface area is 198 Å². The van der Waals surface area contributed by atoms with Crippen LogP contribution in [0.1, 0.15) is 34.3 Å². The summed E-state index contributed by atoms with van der Waals surface area (Å²) >= 11 is 0. The highest BCUT2D eigenvalue weighted by molar-refractivity contribution is 6.15. The lowest BCUT2D eigenvalue weighted by Gasteiger charge is -2.48. The van der Waals surface area contributed by atoms with E-state index in [9.17, 15) is 14.4 Å². The molecule has 1 unspecified atom stereocenters. The van der Waals surface area contributed by atoms with Crippen molar-refractivity contribution < 1.29 is 33.3 Å². The minimum absolute atomic E-state index is 0.0528. The Kier molecular flexibility index (Phi) is 6.47. The van der Waals surface area contributed by atoms with Gasteiger partial charge in [-0.3, -0.25) is 14.5 Å². The Bertz CT molecular complexity index is 1130. The molecule has 4 rings (SSSR count). The summed E-state index contributed by atoms with van der Waals surface area (Å²) in [5, 5.41) is 0. The number of esters is 1. The second-order valence-corrected chi connectivity index (χ2v) is 8.22. The zero-order valence-corrected chi connectivity index (χ0v) is 19.8. The Morgan fingerprint density at radius 1 is 1.06 bits per heavy atom. The average molecular weight is 469 g/mol. The lowest BCUT2D eigenvalue weighted by molar-refractivity contribution is -0.159. The number of benzene rings is 2. The number of methoxy groups -OCH3 is 3. The number of carbonyl (C=O) groups is 3. The minimum atomic E-state index is -1.56. The maximum absolute atomic E-state index is 13.7. The molecule has 1 fully saturated rings. The summed E-state index contributed by atoms with van der Waals surface area (Å²) in [6, 6.07) is 10.4. The summed E-state index contributed by atoms with van der Waals surface area (Å²) in [5.74, 6) is -0.147. The van der Waals surface area contributed by atoms with Crippen LogP contribution in [0.3, 0.4) is 0 Å². The van der Waals surface area contributed by atoms with Gasteiger partial charge in [-0.15, -0.1) is 0 Å². The minimum Gasteiger partial charge on any atom is -0.493 e. The first-order valence-corrected chi connectivity index (χ1v) is 11.0. The van der Waals surface area contributed by atoms with E-state index in [1.165, 1.54) is 24.0 Å². The van der Waals surface area contributed by atoms with Gasteiger partial charge in [-0.1, -0.05) is 12.1 Å². The molecule has 2 aliphatic heterocycles. The molecule has 2 aromatic carbocycles. The molecule has 9 nitrogen and oxygen atoms in total. The van der Waals surface area contributed by atoms with Crippen LogP contribution < -0.4 is 14.4 Å². The zero-order chi connectivity index (χ0) is 24.5. The van der Waals surface area contributed by atoms with Gasteiger partial charge >= 0.3 is 5.97 Å². The van der Waals surface area contributed by atoms with Crippen LogP contribution in [0.15, 0.2) is 36.4 Å². The van der Waals surface area contributed by atoms with E-state index in [1.54, 1.807) is 43.5 Å². The monoisotopic (exact) mass is 468 g/mol. The van der Waals surface area contributed by atoms with Crippen LogP contribution >= 0.6 is 0 Å². The summed E-state index contributed by atoms with van der Waals surface area (Å²) in [6.07, 6.45) is 0.259. The molecule has 2 amide bonds. The van der Waals surface area contributed by atoms with E-state index in [4.69, 9.17) is 18.9 Å². The van der Waals surface area contributed by atoms with Gasteiger partial charge in [-0.05, 0) is 42.3 Å². The molecule has 0 radical (unpaired) electrons. The van der Waals surface area contributed by atoms with Crippen LogP contribution in [0.2, 0.25) is 0 Å². The van der Waals surface area contributed by atoms with Crippen molar-refractivity contribution in [1.29, 1.82) is 0 Å². The zero-order valence-electron chi connectivity index (χ0n) is 19.8. The van der Waals surface area contributed by atoms with Crippen LogP contribution in [0, 0.1) is 6.92 Å². The van der Waals surface area contributed by atoms with Gasteiger partial charge in [-0.25, -0.2) is 4.79 Å². The van der Waals surface area contributed by atoms with Crippen molar-refractivity contribution in [3.63, 3.8) is 0 Å². The fraction of sp³-hybridized carbons (Fsp3) is 0.400. The molecule has 2 aliphatic rings. The number of aryl methyl sites for hydroxylation is 1. The van der Waals surface area contributed by atoms with Crippen molar-refractivity contribution in [2.45, 2.75) is 32.0 Å². The number of ether oxygens (including phenoxy) is 4. The number of nitrogens with zero attached hydrogens (tertiary/aromatic N) is 2. The summed E-state index contributed by atoms with van der Waals surface area (Å²) in [4.78, 5) is 43.0. The first-order chi connectivity index (χ1) is 16.4. The number of anilines is 1. The van der Waals surface area contributed by atoms with Crippen LogP contribution in [-0.4, -0.2) is 62.8 Å². The molecule has 2 heterocycles. The van der Waals surface area contributed by atoms with E-state index >= 15 is 0 Å². The Hall–Kier alpha value is -3.59. The summed E-state index contributed by atoms with van der Waals surface area (Å²) in [6.45, 7) is 2.17. The van der Waals surface area contributed by atoms with Crippen molar-refractivity contribution in [2.75, 3.05) is 39.4 Å². The van der Waals surface area contributed by atoms with Gasteiger partial charge in [0.2, 0.25) is 11.6 Å². The van der Waals surface area contributed by atoms with Crippen LogP contribution in [0.4, 0.5) is 5.69 Å². The van der Waals surface area contributed by atoms with Gasteiger partial charge in [0.05, 0.1) is 32.1 Å². The van der Waals surface area contributed by atoms with Gasteiger partial charge in [0.25, 0.3) is 5.91 Å². The molecule has 0 spiro atoms. The van der Waals surface area contributed by atoms with E-state index in [0.29, 0.717) is 22.7 Å². The third-order valence-corrected chi connectivity index (χ3v) is 6.42. The van der Waals surface area contributed by atoms with E-state index in [1.807, 2.05) is 6.92 Å². The van der Waals surface area contributed by atoms with Crippen molar-refractivity contribution >= 4 is 23.5 Å². The Morgan fingerprint density at radius 2 is 1.76 bits per heavy atom. The highest BCUT2D eigenvalue weighted by atomic mass is 16.5. The quantitative estimate of drug-likeness (QED) is 0.550. The van der Waals surface area contributed by atoms with Gasteiger partial charge in [0.15, 0.2) is 11.5 Å². The topological polar surface area (TPSA) is 94.6 Å². The summed E-state index contributed by atoms with van der Waals surface area (Å²) in [5.41, 5.74) is 0.801. The van der Waals surface area contributed by atoms with Gasteiger partial charge in [-0.2, -0.15) is 0 Å². The molecule has 0 N–H and O–H groups in total. The molecule has 1 atom stereocenters. The molecular weight excluding hydrogens is 440 g/mol. The van der Waals surface area contributed by atoms with Gasteiger partial charge < -0.3 is 23.8 Å². The maximum Gasteiger partial charge on any atom is 0.354 e. The number of amides is 2. The fourth-order valence-corrected chi connectivity index (χ4v) is 4.67. The second kappa shape index (κ2) is 9.34. The SMILES string of the molecule is COCCN1C(=O)c2ccccc2N2C(=O)CCC12C(=O)OCc1cc(OC)c(OC)cc1C. The molecule has 0 aliphatic carbocycles. The highest BCUT2D eigenvalue weighted by Crippen LogP contribution is 2.45. The number of carbonyl (C=O) groups excluding carboxylic acids is 3. The third kappa shape index (κ3) is 3.66. The van der Waals surface area contributed by atoms with E-state index < -0.39 is 11.6 Å². The van der Waals surface area contributed by atoms with Crippen LogP contribution in [0.25, 0.3) is 0 Å². The first kappa shape index (κ1) is 23.6. The lowest BCUT2D eigenvalue weighted by atomic mass is 9.96. The number of hydrogen-bond donors (Lipinski definition) is 0. The van der Waals surface area contributed by atoms with Crippen LogP contribution in [0.5, 0.6) is 11.5 Å². The van der Waals surface area contributed by atoms with Crippen LogP contribution in [-0.2, 0) is 25.7 Å². The number of rotatable bonds is 8. The molecule has 34 heavy (non-hydrogen) atoms. The molecule has 0 bridgehead atoms. The predicted octanol–water partition coefficient (Wildman–Crippen LogP) is 2.68. The van der Waals surface area contributed by atoms with Crippen molar-refractivity contribution in [3.8, 4) is 11.5 Å². The summed E-state index contributed by atoms with van der Waals surface area (Å²) in [7, 11) is 4.60. The third-order valence-electron chi connectivity index (χ3n) is 6.42. The smallest absolute Gasteiger partial charge is 0.354 e. The summed E-state index contributed by atoms with van der Waals surface area (Å²) < 4.78 is 21.7. The number of hydrogen-bond acceptors (Lipinski definition) is 7. The standard InChI is InChI=1S/C25H28N2O7/c1-16-13-20(32-3)21(33-4)14-17(16)15-34-24(30)25-10-9-22(28)27(25)19-8-6-5-7-18(19)23(29)26(25)11-12-31-2/h5-8,13-14H,9-12,15H2,1-4H3. The predicted molar refractivity (Wildman–Crippen MR) is 123 cm³/mol. The number of para-hydroxylation sites is 1. The van der Waals surface area contributed by atoms with Gasteiger partial charge in [0.1, 0.15) is 6.61 Å². The van der Waals surface area contributed by atoms with E-state index in [-0.39, 0.29) is 44.4 Å².